The van der Waals surface area contributed by atoms with Gasteiger partial charge in [-0.15, -0.1) is 5.10 Å². The Morgan fingerprint density at radius 3 is 2.75 bits per heavy atom. The topological polar surface area (TPSA) is 91.2 Å². The molecule has 1 aromatic heterocycles. The van der Waals surface area contributed by atoms with Crippen molar-refractivity contribution in [3.05, 3.63) is 6.33 Å². The number of carbonyl (C=O) groups is 1. The van der Waals surface area contributed by atoms with Gasteiger partial charge in [0.25, 0.3) is 0 Å². The van der Waals surface area contributed by atoms with Crippen molar-refractivity contribution in [3.63, 3.8) is 0 Å². The van der Waals surface area contributed by atoms with E-state index >= 15 is 0 Å². The van der Waals surface area contributed by atoms with Crippen molar-refractivity contribution in [2.75, 3.05) is 33.2 Å². The zero-order valence-corrected chi connectivity index (χ0v) is 14.4. The molecular weight excluding hydrogens is 308 g/mol. The van der Waals surface area contributed by atoms with Crippen molar-refractivity contribution in [3.8, 4) is 0 Å². The van der Waals surface area contributed by atoms with Crippen LogP contribution in [-0.4, -0.2) is 75.2 Å². The molecule has 0 bridgehead atoms. The van der Waals surface area contributed by atoms with Crippen LogP contribution >= 0.6 is 0 Å². The number of nitrogens with zero attached hydrogens (tertiary/aromatic N) is 6. The molecule has 24 heavy (non-hydrogen) atoms. The van der Waals surface area contributed by atoms with Crippen LogP contribution in [0, 0.1) is 0 Å². The Hall–Kier alpha value is -1.58. The number of hydrogen-bond acceptors (Lipinski definition) is 7. The first kappa shape index (κ1) is 17.2. The molecule has 134 valence electrons. The zero-order chi connectivity index (χ0) is 16.8. The van der Waals surface area contributed by atoms with E-state index < -0.39 is 0 Å². The van der Waals surface area contributed by atoms with Gasteiger partial charge in [0.1, 0.15) is 18.5 Å². The first-order valence-corrected chi connectivity index (χ1v) is 8.95. The second-order valence-electron chi connectivity index (χ2n) is 6.75. The minimum Gasteiger partial charge on any atom is -0.344 e. The summed E-state index contributed by atoms with van der Waals surface area (Å²) in [5.41, 5.74) is 6.13. The molecule has 0 spiro atoms. The highest BCUT2D eigenvalue weighted by Gasteiger charge is 2.32. The Kier molecular flexibility index (Phi) is 6.11. The van der Waals surface area contributed by atoms with Crippen LogP contribution in [0.15, 0.2) is 6.33 Å². The number of carbonyl (C=O) groups excluding carboxylic acids is 1. The average Bonchev–Trinajstić information content (AvgIpc) is 3.22. The molecule has 2 aliphatic rings. The molecule has 3 heterocycles. The number of likely N-dealkylation sites (tertiary alicyclic amines) is 1. The molecule has 1 amide bonds. The number of hydrazine groups is 1. The van der Waals surface area contributed by atoms with Crippen molar-refractivity contribution in [1.82, 2.24) is 40.9 Å². The maximum atomic E-state index is 12.5. The van der Waals surface area contributed by atoms with E-state index in [-0.39, 0.29) is 18.1 Å². The fraction of sp³-hybridized carbons (Fsp3) is 0.867. The summed E-state index contributed by atoms with van der Waals surface area (Å²) in [5.74, 6) is 0.119. The molecule has 2 unspecified atom stereocenters. The Morgan fingerprint density at radius 2 is 2.04 bits per heavy atom. The third-order valence-electron chi connectivity index (χ3n) is 4.91. The molecule has 2 saturated heterocycles. The highest BCUT2D eigenvalue weighted by molar-refractivity contribution is 5.81. The Morgan fingerprint density at radius 1 is 1.25 bits per heavy atom. The van der Waals surface area contributed by atoms with Crippen LogP contribution < -0.4 is 10.9 Å². The zero-order valence-electron chi connectivity index (χ0n) is 14.4. The van der Waals surface area contributed by atoms with Crippen LogP contribution in [0.5, 0.6) is 0 Å². The maximum Gasteiger partial charge on any atom is 0.240 e. The second-order valence-corrected chi connectivity index (χ2v) is 6.75. The summed E-state index contributed by atoms with van der Waals surface area (Å²) in [6, 6.07) is -0.234. The minimum atomic E-state index is -0.234. The lowest BCUT2D eigenvalue weighted by molar-refractivity contribution is -0.132. The van der Waals surface area contributed by atoms with Gasteiger partial charge in [-0.1, -0.05) is 12.8 Å². The maximum absolute atomic E-state index is 12.5. The second kappa shape index (κ2) is 8.50. The number of nitrogens with one attached hydrogen (secondary N) is 2. The molecular formula is C15H28N8O. The number of hydrogen-bond donors (Lipinski definition) is 2. The molecule has 3 rings (SSSR count). The summed E-state index contributed by atoms with van der Waals surface area (Å²) in [4.78, 5) is 16.9. The monoisotopic (exact) mass is 336 g/mol. The van der Waals surface area contributed by atoms with Gasteiger partial charge in [-0.25, -0.2) is 15.5 Å². The van der Waals surface area contributed by atoms with Crippen LogP contribution in [0.1, 0.15) is 44.7 Å². The van der Waals surface area contributed by atoms with Gasteiger partial charge in [0, 0.05) is 20.0 Å². The van der Waals surface area contributed by atoms with Crippen LogP contribution in [0.3, 0.4) is 0 Å². The van der Waals surface area contributed by atoms with Gasteiger partial charge in [-0.05, 0) is 49.3 Å². The highest BCUT2D eigenvalue weighted by Crippen LogP contribution is 2.15. The van der Waals surface area contributed by atoms with Crippen LogP contribution in [0.2, 0.25) is 0 Å². The smallest absolute Gasteiger partial charge is 0.240 e. The molecule has 2 N–H and O–H groups in total. The lowest BCUT2D eigenvalue weighted by Crippen LogP contribution is -2.44. The van der Waals surface area contributed by atoms with Gasteiger partial charge < -0.3 is 9.80 Å². The van der Waals surface area contributed by atoms with Crippen LogP contribution in [-0.2, 0) is 4.79 Å². The normalized spacial score (nSPS) is 25.5. The lowest BCUT2D eigenvalue weighted by atomic mass is 10.2. The minimum absolute atomic E-state index is 0.0838. The molecule has 9 nitrogen and oxygen atoms in total. The molecule has 2 fully saturated rings. The fourth-order valence-corrected chi connectivity index (χ4v) is 3.45. The Labute approximate surface area is 142 Å². The predicted molar refractivity (Wildman–Crippen MR) is 88.7 cm³/mol. The van der Waals surface area contributed by atoms with Gasteiger partial charge in [0.2, 0.25) is 5.91 Å². The van der Waals surface area contributed by atoms with Crippen molar-refractivity contribution in [2.24, 2.45) is 0 Å². The summed E-state index contributed by atoms with van der Waals surface area (Å²) in [7, 11) is 1.89. The van der Waals surface area contributed by atoms with E-state index in [1.807, 2.05) is 11.9 Å². The van der Waals surface area contributed by atoms with Crippen molar-refractivity contribution >= 4 is 5.91 Å². The van der Waals surface area contributed by atoms with Crippen molar-refractivity contribution in [2.45, 2.75) is 50.7 Å². The van der Waals surface area contributed by atoms with E-state index in [2.05, 4.69) is 31.3 Å². The largest absolute Gasteiger partial charge is 0.344 e. The fourth-order valence-electron chi connectivity index (χ4n) is 3.45. The number of rotatable bonds is 6. The van der Waals surface area contributed by atoms with Gasteiger partial charge in [-0.2, -0.15) is 0 Å². The van der Waals surface area contributed by atoms with Gasteiger partial charge in [0.05, 0.1) is 0 Å². The summed E-state index contributed by atoms with van der Waals surface area (Å²) >= 11 is 0. The number of tetrazole rings is 1. The van der Waals surface area contributed by atoms with Crippen LogP contribution in [0.4, 0.5) is 0 Å². The number of aromatic nitrogens is 4. The Bertz CT molecular complexity index is 500. The predicted octanol–water partition coefficient (Wildman–Crippen LogP) is -0.237. The van der Waals surface area contributed by atoms with Gasteiger partial charge >= 0.3 is 0 Å². The first-order valence-electron chi connectivity index (χ1n) is 8.95. The van der Waals surface area contributed by atoms with E-state index in [1.54, 1.807) is 11.0 Å². The lowest BCUT2D eigenvalue weighted by Gasteiger charge is -2.24. The Balaban J connectivity index is 1.38. The average molecular weight is 336 g/mol. The quantitative estimate of drug-likeness (QED) is 0.741. The summed E-state index contributed by atoms with van der Waals surface area (Å²) in [5, 5.41) is 11.1. The summed E-state index contributed by atoms with van der Waals surface area (Å²) in [6.45, 7) is 4.29. The summed E-state index contributed by atoms with van der Waals surface area (Å²) in [6.07, 6.45) is 8.47. The molecule has 9 heteroatoms. The van der Waals surface area contributed by atoms with E-state index in [0.29, 0.717) is 6.42 Å². The number of likely N-dealkylation sites (N-methyl/N-ethyl adjacent to an activating group) is 1. The molecule has 0 radical (unpaired) electrons. The SMILES string of the molecule is CN(CCCN1CCCCCC1)C(=O)C1CC(n2cnnn2)NN1. The molecule has 1 aromatic rings. The summed E-state index contributed by atoms with van der Waals surface area (Å²) < 4.78 is 1.62. The molecule has 0 aromatic carbocycles. The van der Waals surface area contributed by atoms with Crippen molar-refractivity contribution in [1.29, 1.82) is 0 Å². The highest BCUT2D eigenvalue weighted by atomic mass is 16.2. The van der Waals surface area contributed by atoms with E-state index in [0.717, 1.165) is 19.5 Å². The van der Waals surface area contributed by atoms with Gasteiger partial charge in [-0.3, -0.25) is 4.79 Å². The van der Waals surface area contributed by atoms with E-state index in [1.165, 1.54) is 38.8 Å². The van der Waals surface area contributed by atoms with E-state index in [4.69, 9.17) is 0 Å². The third kappa shape index (κ3) is 4.49. The molecule has 2 aliphatic heterocycles. The first-order chi connectivity index (χ1) is 11.7. The van der Waals surface area contributed by atoms with Crippen molar-refractivity contribution < 1.29 is 4.79 Å². The third-order valence-corrected chi connectivity index (χ3v) is 4.91. The van der Waals surface area contributed by atoms with Crippen LogP contribution in [0.25, 0.3) is 0 Å². The van der Waals surface area contributed by atoms with E-state index in [9.17, 15) is 4.79 Å². The molecule has 0 saturated carbocycles. The standard InChI is InChI=1S/C15H28N8O/c1-21(7-6-10-22-8-4-2-3-5-9-22)15(24)13-11-14(18-17-13)23-12-16-19-20-23/h12-14,17-18H,2-11H2,1H3. The molecule has 2 atom stereocenters. The molecule has 0 aliphatic carbocycles. The van der Waals surface area contributed by atoms with Gasteiger partial charge in [0.15, 0.2) is 0 Å². The number of amides is 1.